The van der Waals surface area contributed by atoms with Gasteiger partial charge < -0.3 is 15.2 Å². The number of nitrogen functional groups attached to an aromatic ring is 1. The number of anilines is 1. The zero-order valence-electron chi connectivity index (χ0n) is 7.82. The molecule has 0 bridgehead atoms. The van der Waals surface area contributed by atoms with E-state index in [1.54, 1.807) is 12.1 Å². The van der Waals surface area contributed by atoms with E-state index >= 15 is 0 Å². The van der Waals surface area contributed by atoms with Gasteiger partial charge in [0, 0.05) is 5.69 Å². The highest BCUT2D eigenvalue weighted by atomic mass is 16.7. The summed E-state index contributed by atoms with van der Waals surface area (Å²) in [7, 11) is 0. The van der Waals surface area contributed by atoms with Gasteiger partial charge in [0.05, 0.1) is 6.61 Å². The molecule has 0 fully saturated rings. The fourth-order valence-corrected chi connectivity index (χ4v) is 0.877. The number of benzene rings is 1. The Labute approximate surface area is 78.5 Å². The summed E-state index contributed by atoms with van der Waals surface area (Å²) in [5.41, 5.74) is 6.25. The lowest BCUT2D eigenvalue weighted by molar-refractivity contribution is 0.0157. The van der Waals surface area contributed by atoms with E-state index in [0.717, 1.165) is 24.5 Å². The summed E-state index contributed by atoms with van der Waals surface area (Å²) in [5, 5.41) is 0. The second kappa shape index (κ2) is 5.43. The highest BCUT2D eigenvalue weighted by Gasteiger charge is 1.91. The molecule has 72 valence electrons. The van der Waals surface area contributed by atoms with Gasteiger partial charge in [0.2, 0.25) is 0 Å². The molecule has 0 aliphatic rings. The highest BCUT2D eigenvalue weighted by Crippen LogP contribution is 2.12. The van der Waals surface area contributed by atoms with Crippen LogP contribution >= 0.6 is 0 Å². The summed E-state index contributed by atoms with van der Waals surface area (Å²) in [6.07, 6.45) is 1.01. The standard InChI is InChI=1S/C10H15NO2/c1-2-7-12-8-13-10-5-3-9(11)4-6-10/h3-6H,2,7-8,11H2,1H3. The Kier molecular flexibility index (Phi) is 4.12. The molecule has 1 aromatic rings. The van der Waals surface area contributed by atoms with E-state index in [0.29, 0.717) is 6.79 Å². The maximum atomic E-state index is 5.52. The molecular formula is C10H15NO2. The van der Waals surface area contributed by atoms with Crippen molar-refractivity contribution in [1.29, 1.82) is 0 Å². The van der Waals surface area contributed by atoms with E-state index in [2.05, 4.69) is 6.92 Å². The van der Waals surface area contributed by atoms with Crippen LogP contribution in [0.25, 0.3) is 0 Å². The van der Waals surface area contributed by atoms with Gasteiger partial charge in [0.25, 0.3) is 0 Å². The zero-order chi connectivity index (χ0) is 9.52. The quantitative estimate of drug-likeness (QED) is 0.429. The summed E-state index contributed by atoms with van der Waals surface area (Å²) < 4.78 is 10.4. The van der Waals surface area contributed by atoms with E-state index in [4.69, 9.17) is 15.2 Å². The molecule has 3 heteroatoms. The third-order valence-electron chi connectivity index (χ3n) is 1.54. The third-order valence-corrected chi connectivity index (χ3v) is 1.54. The topological polar surface area (TPSA) is 44.5 Å². The van der Waals surface area contributed by atoms with E-state index in [-0.39, 0.29) is 0 Å². The van der Waals surface area contributed by atoms with Crippen molar-refractivity contribution in [3.63, 3.8) is 0 Å². The first-order valence-corrected chi connectivity index (χ1v) is 4.39. The third kappa shape index (κ3) is 3.80. The Hall–Kier alpha value is -1.22. The van der Waals surface area contributed by atoms with Gasteiger partial charge in [-0.25, -0.2) is 0 Å². The van der Waals surface area contributed by atoms with Crippen molar-refractivity contribution < 1.29 is 9.47 Å². The fraction of sp³-hybridized carbons (Fsp3) is 0.400. The molecule has 3 nitrogen and oxygen atoms in total. The number of ether oxygens (including phenoxy) is 2. The van der Waals surface area contributed by atoms with Crippen LogP contribution < -0.4 is 10.5 Å². The maximum absolute atomic E-state index is 5.52. The molecule has 0 aromatic heterocycles. The van der Waals surface area contributed by atoms with Crippen LogP contribution in [0.3, 0.4) is 0 Å². The first-order valence-electron chi connectivity index (χ1n) is 4.39. The number of nitrogens with two attached hydrogens (primary N) is 1. The van der Waals surface area contributed by atoms with Gasteiger partial charge in [-0.05, 0) is 30.7 Å². The average Bonchev–Trinajstić information content (AvgIpc) is 2.15. The van der Waals surface area contributed by atoms with Gasteiger partial charge in [0.1, 0.15) is 5.75 Å². The largest absolute Gasteiger partial charge is 0.468 e. The first-order chi connectivity index (χ1) is 6.33. The van der Waals surface area contributed by atoms with Gasteiger partial charge in [-0.3, -0.25) is 0 Å². The number of hydrogen-bond donors (Lipinski definition) is 1. The predicted molar refractivity (Wildman–Crippen MR) is 52.6 cm³/mol. The lowest BCUT2D eigenvalue weighted by Gasteiger charge is -2.05. The Morgan fingerprint density at radius 3 is 2.54 bits per heavy atom. The number of rotatable bonds is 5. The van der Waals surface area contributed by atoms with E-state index in [1.165, 1.54) is 0 Å². The van der Waals surface area contributed by atoms with Crippen LogP contribution in [0.2, 0.25) is 0 Å². The van der Waals surface area contributed by atoms with Crippen LogP contribution in [0.5, 0.6) is 5.75 Å². The molecule has 0 saturated heterocycles. The second-order valence-electron chi connectivity index (χ2n) is 2.74. The highest BCUT2D eigenvalue weighted by molar-refractivity contribution is 5.41. The smallest absolute Gasteiger partial charge is 0.189 e. The van der Waals surface area contributed by atoms with Crippen LogP contribution in [0.4, 0.5) is 5.69 Å². The monoisotopic (exact) mass is 181 g/mol. The Balaban J connectivity index is 2.25. The van der Waals surface area contributed by atoms with Crippen molar-refractivity contribution in [3.8, 4) is 5.75 Å². The molecule has 1 aromatic carbocycles. The van der Waals surface area contributed by atoms with Gasteiger partial charge >= 0.3 is 0 Å². The molecule has 0 spiro atoms. The normalized spacial score (nSPS) is 9.92. The van der Waals surface area contributed by atoms with Crippen LogP contribution in [-0.4, -0.2) is 13.4 Å². The van der Waals surface area contributed by atoms with Crippen LogP contribution in [0.15, 0.2) is 24.3 Å². The molecular weight excluding hydrogens is 166 g/mol. The van der Waals surface area contributed by atoms with Crippen molar-refractivity contribution in [1.82, 2.24) is 0 Å². The van der Waals surface area contributed by atoms with Gasteiger partial charge in [-0.2, -0.15) is 0 Å². The number of hydrogen-bond acceptors (Lipinski definition) is 3. The van der Waals surface area contributed by atoms with Crippen molar-refractivity contribution in [2.75, 3.05) is 19.1 Å². The molecule has 0 radical (unpaired) electrons. The van der Waals surface area contributed by atoms with Crippen molar-refractivity contribution in [3.05, 3.63) is 24.3 Å². The summed E-state index contributed by atoms with van der Waals surface area (Å²) in [6.45, 7) is 3.09. The maximum Gasteiger partial charge on any atom is 0.189 e. The average molecular weight is 181 g/mol. The van der Waals surface area contributed by atoms with E-state index in [9.17, 15) is 0 Å². The lowest BCUT2D eigenvalue weighted by atomic mass is 10.3. The second-order valence-corrected chi connectivity index (χ2v) is 2.74. The summed E-state index contributed by atoms with van der Waals surface area (Å²) >= 11 is 0. The summed E-state index contributed by atoms with van der Waals surface area (Å²) in [6, 6.07) is 7.25. The molecule has 2 N–H and O–H groups in total. The van der Waals surface area contributed by atoms with Crippen molar-refractivity contribution >= 4 is 5.69 Å². The van der Waals surface area contributed by atoms with Gasteiger partial charge in [0.15, 0.2) is 6.79 Å². The minimum absolute atomic E-state index is 0.303. The van der Waals surface area contributed by atoms with Crippen LogP contribution in [0.1, 0.15) is 13.3 Å². The summed E-state index contributed by atoms with van der Waals surface area (Å²) in [5.74, 6) is 0.783. The Bertz CT molecular complexity index is 233. The molecule has 0 aliphatic carbocycles. The van der Waals surface area contributed by atoms with E-state index < -0.39 is 0 Å². The van der Waals surface area contributed by atoms with Gasteiger partial charge in [-0.1, -0.05) is 6.92 Å². The van der Waals surface area contributed by atoms with Gasteiger partial charge in [-0.15, -0.1) is 0 Å². The fourth-order valence-electron chi connectivity index (χ4n) is 0.877. The zero-order valence-corrected chi connectivity index (χ0v) is 7.82. The first kappa shape index (κ1) is 9.86. The predicted octanol–water partition coefficient (Wildman–Crippen LogP) is 2.03. The molecule has 0 heterocycles. The minimum Gasteiger partial charge on any atom is -0.468 e. The van der Waals surface area contributed by atoms with Crippen LogP contribution in [-0.2, 0) is 4.74 Å². The molecule has 0 unspecified atom stereocenters. The van der Waals surface area contributed by atoms with Crippen molar-refractivity contribution in [2.24, 2.45) is 0 Å². The lowest BCUT2D eigenvalue weighted by Crippen LogP contribution is -2.03. The summed E-state index contributed by atoms with van der Waals surface area (Å²) in [4.78, 5) is 0. The molecule has 0 amide bonds. The molecule has 1 rings (SSSR count). The molecule has 0 aliphatic heterocycles. The van der Waals surface area contributed by atoms with Crippen LogP contribution in [0, 0.1) is 0 Å². The Morgan fingerprint density at radius 2 is 1.92 bits per heavy atom. The molecule has 13 heavy (non-hydrogen) atoms. The SMILES string of the molecule is CCCOCOc1ccc(N)cc1. The molecule has 0 atom stereocenters. The Morgan fingerprint density at radius 1 is 1.23 bits per heavy atom. The van der Waals surface area contributed by atoms with Crippen molar-refractivity contribution in [2.45, 2.75) is 13.3 Å². The minimum atomic E-state index is 0.303. The molecule has 0 saturated carbocycles. The van der Waals surface area contributed by atoms with E-state index in [1.807, 2.05) is 12.1 Å².